The van der Waals surface area contributed by atoms with Crippen LogP contribution in [0.1, 0.15) is 18.2 Å². The second kappa shape index (κ2) is 4.03. The van der Waals surface area contributed by atoms with Crippen LogP contribution in [0, 0.1) is 6.92 Å². The first-order valence-electron chi connectivity index (χ1n) is 4.89. The van der Waals surface area contributed by atoms with Crippen molar-refractivity contribution in [2.24, 2.45) is 0 Å². The van der Waals surface area contributed by atoms with Gasteiger partial charge in [0, 0.05) is 11.8 Å². The lowest BCUT2D eigenvalue weighted by Gasteiger charge is -2.00. The molecule has 0 aromatic carbocycles. The molecule has 4 heteroatoms. The first kappa shape index (κ1) is 10.2. The predicted octanol–water partition coefficient (Wildman–Crippen LogP) is 2.79. The lowest BCUT2D eigenvalue weighted by molar-refractivity contribution is 0.833. The Hall–Kier alpha value is -1.35. The lowest BCUT2D eigenvalue weighted by atomic mass is 10.2. The van der Waals surface area contributed by atoms with E-state index in [2.05, 4.69) is 17.0 Å². The first-order valence-corrected chi connectivity index (χ1v) is 5.27. The number of rotatable bonds is 2. The highest BCUT2D eigenvalue weighted by atomic mass is 35.5. The maximum atomic E-state index is 6.22. The fraction of sp³-hybridized carbons (Fsp3) is 0.273. The van der Waals surface area contributed by atoms with Gasteiger partial charge in [0.05, 0.1) is 5.69 Å². The Balaban J connectivity index is 2.55. The van der Waals surface area contributed by atoms with Crippen molar-refractivity contribution in [3.63, 3.8) is 0 Å². The van der Waals surface area contributed by atoms with Crippen molar-refractivity contribution in [3.05, 3.63) is 40.8 Å². The molecule has 0 aliphatic rings. The molecule has 15 heavy (non-hydrogen) atoms. The number of aromatic nitrogens is 3. The van der Waals surface area contributed by atoms with Crippen molar-refractivity contribution in [2.75, 3.05) is 0 Å². The third kappa shape index (κ3) is 1.75. The molecule has 0 saturated heterocycles. The van der Waals surface area contributed by atoms with E-state index in [1.54, 1.807) is 10.9 Å². The van der Waals surface area contributed by atoms with Crippen LogP contribution in [0.2, 0.25) is 5.15 Å². The van der Waals surface area contributed by atoms with E-state index < -0.39 is 0 Å². The number of halogens is 1. The van der Waals surface area contributed by atoms with Gasteiger partial charge < -0.3 is 0 Å². The SMILES string of the molecule is CCc1c(C)nn(-c2ccccn2)c1Cl. The summed E-state index contributed by atoms with van der Waals surface area (Å²) in [4.78, 5) is 4.21. The van der Waals surface area contributed by atoms with Crippen molar-refractivity contribution < 1.29 is 0 Å². The second-order valence-electron chi connectivity index (χ2n) is 3.31. The van der Waals surface area contributed by atoms with Gasteiger partial charge in [0.1, 0.15) is 5.15 Å². The highest BCUT2D eigenvalue weighted by molar-refractivity contribution is 6.30. The minimum absolute atomic E-state index is 0.661. The van der Waals surface area contributed by atoms with Gasteiger partial charge in [-0.25, -0.2) is 9.67 Å². The van der Waals surface area contributed by atoms with Crippen molar-refractivity contribution >= 4 is 11.6 Å². The van der Waals surface area contributed by atoms with E-state index in [0.717, 1.165) is 23.5 Å². The predicted molar refractivity (Wildman–Crippen MR) is 60.5 cm³/mol. The summed E-state index contributed by atoms with van der Waals surface area (Å²) in [6, 6.07) is 5.67. The molecule has 2 aromatic rings. The van der Waals surface area contributed by atoms with Gasteiger partial charge in [-0.3, -0.25) is 0 Å². The van der Waals surface area contributed by atoms with Crippen molar-refractivity contribution in [1.82, 2.24) is 14.8 Å². The molecule has 0 amide bonds. The molecule has 0 spiro atoms. The first-order chi connectivity index (χ1) is 7.24. The summed E-state index contributed by atoms with van der Waals surface area (Å²) in [6.07, 6.45) is 2.62. The van der Waals surface area contributed by atoms with Gasteiger partial charge >= 0.3 is 0 Å². The minimum atomic E-state index is 0.661. The Morgan fingerprint density at radius 2 is 2.20 bits per heavy atom. The van der Waals surface area contributed by atoms with Crippen LogP contribution >= 0.6 is 11.6 Å². The summed E-state index contributed by atoms with van der Waals surface area (Å²) in [5.74, 6) is 0.755. The summed E-state index contributed by atoms with van der Waals surface area (Å²) in [5, 5.41) is 5.03. The van der Waals surface area contributed by atoms with Gasteiger partial charge in [-0.15, -0.1) is 0 Å². The molecule has 2 heterocycles. The summed E-state index contributed by atoms with van der Waals surface area (Å²) in [5.41, 5.74) is 2.05. The van der Waals surface area contributed by atoms with E-state index in [1.807, 2.05) is 25.1 Å². The van der Waals surface area contributed by atoms with Crippen molar-refractivity contribution in [3.8, 4) is 5.82 Å². The molecule has 0 unspecified atom stereocenters. The molecule has 78 valence electrons. The minimum Gasteiger partial charge on any atom is -0.237 e. The highest BCUT2D eigenvalue weighted by Crippen LogP contribution is 2.22. The Labute approximate surface area is 93.7 Å². The molecule has 0 aliphatic heterocycles. The highest BCUT2D eigenvalue weighted by Gasteiger charge is 2.12. The molecule has 2 rings (SSSR count). The lowest BCUT2D eigenvalue weighted by Crippen LogP contribution is -1.98. The van der Waals surface area contributed by atoms with Gasteiger partial charge in [-0.05, 0) is 25.5 Å². The van der Waals surface area contributed by atoms with Gasteiger partial charge in [0.2, 0.25) is 0 Å². The molecular weight excluding hydrogens is 210 g/mol. The molecule has 0 saturated carbocycles. The number of pyridine rings is 1. The monoisotopic (exact) mass is 221 g/mol. The van der Waals surface area contributed by atoms with Crippen LogP contribution in [0.3, 0.4) is 0 Å². The molecule has 0 aliphatic carbocycles. The number of aryl methyl sites for hydroxylation is 1. The standard InChI is InChI=1S/C11H12ClN3/c1-3-9-8(2)14-15(11(9)12)10-6-4-5-7-13-10/h4-7H,3H2,1-2H3. The van der Waals surface area contributed by atoms with E-state index >= 15 is 0 Å². The van der Waals surface area contributed by atoms with Crippen LogP contribution in [-0.4, -0.2) is 14.8 Å². The number of nitrogens with zero attached hydrogens (tertiary/aromatic N) is 3. The quantitative estimate of drug-likeness (QED) is 0.781. The molecular formula is C11H12ClN3. The summed E-state index contributed by atoms with van der Waals surface area (Å²) >= 11 is 6.22. The zero-order valence-corrected chi connectivity index (χ0v) is 9.49. The van der Waals surface area contributed by atoms with Crippen molar-refractivity contribution in [2.45, 2.75) is 20.3 Å². The fourth-order valence-corrected chi connectivity index (χ4v) is 1.96. The van der Waals surface area contributed by atoms with Crippen LogP contribution in [-0.2, 0) is 6.42 Å². The smallest absolute Gasteiger partial charge is 0.155 e. The van der Waals surface area contributed by atoms with Gasteiger partial charge in [-0.1, -0.05) is 24.6 Å². The third-order valence-corrected chi connectivity index (χ3v) is 2.73. The second-order valence-corrected chi connectivity index (χ2v) is 3.67. The van der Waals surface area contributed by atoms with Gasteiger partial charge in [0.25, 0.3) is 0 Å². The average Bonchev–Trinajstić information content (AvgIpc) is 2.55. The summed E-state index contributed by atoms with van der Waals surface area (Å²) < 4.78 is 1.68. The van der Waals surface area contributed by atoms with Gasteiger partial charge in [0.15, 0.2) is 5.82 Å². The summed E-state index contributed by atoms with van der Waals surface area (Å²) in [7, 11) is 0. The average molecular weight is 222 g/mol. The Morgan fingerprint density at radius 1 is 1.40 bits per heavy atom. The Bertz CT molecular complexity index is 462. The maximum Gasteiger partial charge on any atom is 0.155 e. The maximum absolute atomic E-state index is 6.22. The molecule has 0 bridgehead atoms. The zero-order chi connectivity index (χ0) is 10.8. The van der Waals surface area contributed by atoms with E-state index in [1.165, 1.54) is 0 Å². The molecule has 2 aromatic heterocycles. The van der Waals surface area contributed by atoms with E-state index in [0.29, 0.717) is 5.15 Å². The molecule has 0 radical (unpaired) electrons. The number of hydrogen-bond acceptors (Lipinski definition) is 2. The van der Waals surface area contributed by atoms with E-state index in [-0.39, 0.29) is 0 Å². The van der Waals surface area contributed by atoms with E-state index in [4.69, 9.17) is 11.6 Å². The van der Waals surface area contributed by atoms with Crippen molar-refractivity contribution in [1.29, 1.82) is 0 Å². The molecule has 3 nitrogen and oxygen atoms in total. The normalized spacial score (nSPS) is 10.6. The zero-order valence-electron chi connectivity index (χ0n) is 8.74. The Morgan fingerprint density at radius 3 is 2.73 bits per heavy atom. The van der Waals surface area contributed by atoms with Crippen LogP contribution in [0.4, 0.5) is 0 Å². The van der Waals surface area contributed by atoms with Crippen LogP contribution < -0.4 is 0 Å². The van der Waals surface area contributed by atoms with Crippen LogP contribution in [0.25, 0.3) is 5.82 Å². The fourth-order valence-electron chi connectivity index (χ4n) is 1.56. The molecule has 0 fully saturated rings. The van der Waals surface area contributed by atoms with Crippen LogP contribution in [0.15, 0.2) is 24.4 Å². The van der Waals surface area contributed by atoms with E-state index in [9.17, 15) is 0 Å². The topological polar surface area (TPSA) is 30.7 Å². The summed E-state index contributed by atoms with van der Waals surface area (Å²) in [6.45, 7) is 4.03. The Kier molecular flexibility index (Phi) is 2.73. The largest absolute Gasteiger partial charge is 0.237 e. The molecule has 0 N–H and O–H groups in total. The third-order valence-electron chi connectivity index (χ3n) is 2.34. The number of hydrogen-bond donors (Lipinski definition) is 0. The molecule has 0 atom stereocenters. The van der Waals surface area contributed by atoms with Gasteiger partial charge in [-0.2, -0.15) is 5.10 Å². The van der Waals surface area contributed by atoms with Crippen LogP contribution in [0.5, 0.6) is 0 Å².